The quantitative estimate of drug-likeness (QED) is 0.606. The maximum absolute atomic E-state index is 2.62. The zero-order chi connectivity index (χ0) is 11.9. The van der Waals surface area contributed by atoms with Gasteiger partial charge in [0.1, 0.15) is 0 Å². The van der Waals surface area contributed by atoms with E-state index in [9.17, 15) is 0 Å². The molecule has 0 aromatic carbocycles. The van der Waals surface area contributed by atoms with Crippen LogP contribution in [0.4, 0.5) is 0 Å². The van der Waals surface area contributed by atoms with Crippen molar-refractivity contribution < 1.29 is 0 Å². The Kier molecular flexibility index (Phi) is 1.99. The van der Waals surface area contributed by atoms with Crippen LogP contribution < -0.4 is 0 Å². The van der Waals surface area contributed by atoms with E-state index >= 15 is 0 Å². The minimum atomic E-state index is 0.663. The van der Waals surface area contributed by atoms with Crippen LogP contribution in [0.1, 0.15) is 54.4 Å². The summed E-state index contributed by atoms with van der Waals surface area (Å²) in [6, 6.07) is 0. The third-order valence-corrected chi connectivity index (χ3v) is 7.78. The Bertz CT molecular complexity index is 320. The van der Waals surface area contributed by atoms with Crippen LogP contribution in [-0.4, -0.2) is 0 Å². The van der Waals surface area contributed by atoms with E-state index in [0.29, 0.717) is 10.8 Å². The van der Waals surface area contributed by atoms with Crippen LogP contribution in [0.3, 0.4) is 0 Å². The lowest BCUT2D eigenvalue weighted by Gasteiger charge is -2.62. The van der Waals surface area contributed by atoms with Crippen molar-refractivity contribution in [3.05, 3.63) is 0 Å². The van der Waals surface area contributed by atoms with Gasteiger partial charge in [-0.3, -0.25) is 0 Å². The normalized spacial score (nSPS) is 68.6. The zero-order valence-corrected chi connectivity index (χ0v) is 11.9. The predicted molar refractivity (Wildman–Crippen MR) is 69.1 cm³/mol. The van der Waals surface area contributed by atoms with Crippen molar-refractivity contribution in [2.75, 3.05) is 0 Å². The van der Waals surface area contributed by atoms with Crippen LogP contribution in [0.25, 0.3) is 0 Å². The number of rotatable bonds is 1. The van der Waals surface area contributed by atoms with Crippen LogP contribution in [0.5, 0.6) is 0 Å². The third-order valence-electron chi connectivity index (χ3n) is 7.78. The van der Waals surface area contributed by atoms with Crippen LogP contribution in [-0.2, 0) is 0 Å². The van der Waals surface area contributed by atoms with Gasteiger partial charge in [0, 0.05) is 0 Å². The first kappa shape index (κ1) is 11.1. The lowest BCUT2D eigenvalue weighted by molar-refractivity contribution is -0.146. The highest BCUT2D eigenvalue weighted by Gasteiger charge is 2.73. The fraction of sp³-hybridized carbons (Fsp3) is 1.00. The lowest BCUT2D eigenvalue weighted by Crippen LogP contribution is -2.57. The maximum Gasteiger partial charge on any atom is -0.0210 e. The van der Waals surface area contributed by atoms with Crippen LogP contribution in [0.15, 0.2) is 0 Å². The van der Waals surface area contributed by atoms with E-state index in [-0.39, 0.29) is 0 Å². The Morgan fingerprint density at radius 3 is 2.06 bits per heavy atom. The van der Waals surface area contributed by atoms with Crippen molar-refractivity contribution in [1.29, 1.82) is 0 Å². The molecule has 0 spiro atoms. The maximum atomic E-state index is 2.62. The molecular formula is C16H28. The number of hydrogen-bond acceptors (Lipinski definition) is 0. The minimum absolute atomic E-state index is 0.663. The summed E-state index contributed by atoms with van der Waals surface area (Å²) in [4.78, 5) is 0. The van der Waals surface area contributed by atoms with Gasteiger partial charge in [-0.15, -0.1) is 0 Å². The van der Waals surface area contributed by atoms with Crippen molar-refractivity contribution >= 4 is 0 Å². The summed E-state index contributed by atoms with van der Waals surface area (Å²) in [5.74, 6) is 5.98. The SMILES string of the molecule is CC1CC2C(C1C)C(C)[C@@]2(C)C1(C)CC1C. The molecule has 7 unspecified atom stereocenters. The first-order chi connectivity index (χ1) is 7.34. The van der Waals surface area contributed by atoms with Gasteiger partial charge in [-0.2, -0.15) is 0 Å². The van der Waals surface area contributed by atoms with E-state index in [0.717, 1.165) is 35.5 Å². The van der Waals surface area contributed by atoms with Gasteiger partial charge in [0.05, 0.1) is 0 Å². The monoisotopic (exact) mass is 220 g/mol. The molecule has 3 saturated carbocycles. The number of fused-ring (bicyclic) bond motifs is 1. The highest BCUT2D eigenvalue weighted by atomic mass is 14.8. The van der Waals surface area contributed by atoms with Crippen molar-refractivity contribution in [2.24, 2.45) is 46.3 Å². The van der Waals surface area contributed by atoms with Gasteiger partial charge < -0.3 is 0 Å². The van der Waals surface area contributed by atoms with Crippen LogP contribution in [0, 0.1) is 46.3 Å². The van der Waals surface area contributed by atoms with E-state index < -0.39 is 0 Å². The van der Waals surface area contributed by atoms with Crippen molar-refractivity contribution in [1.82, 2.24) is 0 Å². The summed E-state index contributed by atoms with van der Waals surface area (Å²) in [5.41, 5.74) is 1.34. The molecule has 3 fully saturated rings. The molecule has 3 rings (SSSR count). The molecular weight excluding hydrogens is 192 g/mol. The highest BCUT2D eigenvalue weighted by Crippen LogP contribution is 2.78. The molecule has 3 aliphatic carbocycles. The van der Waals surface area contributed by atoms with Gasteiger partial charge in [-0.1, -0.05) is 41.5 Å². The summed E-state index contributed by atoms with van der Waals surface area (Å²) >= 11 is 0. The second-order valence-electron chi connectivity index (χ2n) is 7.85. The van der Waals surface area contributed by atoms with E-state index in [2.05, 4.69) is 41.5 Å². The molecule has 3 aliphatic rings. The molecule has 0 N–H and O–H groups in total. The molecule has 0 nitrogen and oxygen atoms in total. The van der Waals surface area contributed by atoms with Gasteiger partial charge in [0.25, 0.3) is 0 Å². The van der Waals surface area contributed by atoms with E-state index in [1.54, 1.807) is 0 Å². The Morgan fingerprint density at radius 2 is 1.56 bits per heavy atom. The largest absolute Gasteiger partial charge is 0.0622 e. The summed E-state index contributed by atoms with van der Waals surface area (Å²) in [6.07, 6.45) is 2.99. The zero-order valence-electron chi connectivity index (χ0n) is 11.9. The first-order valence-corrected chi connectivity index (χ1v) is 7.34. The van der Waals surface area contributed by atoms with E-state index in [1.165, 1.54) is 12.8 Å². The van der Waals surface area contributed by atoms with Crippen molar-refractivity contribution in [3.63, 3.8) is 0 Å². The Balaban J connectivity index is 1.90. The summed E-state index contributed by atoms with van der Waals surface area (Å²) < 4.78 is 0. The molecule has 16 heavy (non-hydrogen) atoms. The lowest BCUT2D eigenvalue weighted by atomic mass is 9.42. The molecule has 0 aliphatic heterocycles. The highest BCUT2D eigenvalue weighted by molar-refractivity contribution is 5.20. The topological polar surface area (TPSA) is 0 Å². The fourth-order valence-electron chi connectivity index (χ4n) is 5.86. The first-order valence-electron chi connectivity index (χ1n) is 7.34. The molecule has 92 valence electrons. The molecule has 8 atom stereocenters. The Hall–Kier alpha value is 0. The third kappa shape index (κ3) is 0.946. The van der Waals surface area contributed by atoms with Crippen molar-refractivity contribution in [3.8, 4) is 0 Å². The average molecular weight is 220 g/mol. The van der Waals surface area contributed by atoms with Crippen LogP contribution >= 0.6 is 0 Å². The summed E-state index contributed by atoms with van der Waals surface area (Å²) in [6.45, 7) is 15.2. The smallest absolute Gasteiger partial charge is 0.0210 e. The van der Waals surface area contributed by atoms with Gasteiger partial charge >= 0.3 is 0 Å². The van der Waals surface area contributed by atoms with Crippen LogP contribution in [0.2, 0.25) is 0 Å². The second kappa shape index (κ2) is 2.87. The molecule has 0 radical (unpaired) electrons. The molecule has 0 aromatic heterocycles. The van der Waals surface area contributed by atoms with E-state index in [4.69, 9.17) is 0 Å². The Morgan fingerprint density at radius 1 is 1.00 bits per heavy atom. The van der Waals surface area contributed by atoms with Gasteiger partial charge in [-0.05, 0) is 59.2 Å². The van der Waals surface area contributed by atoms with Gasteiger partial charge in [-0.25, -0.2) is 0 Å². The Labute approximate surface area is 101 Å². The molecule has 0 amide bonds. The van der Waals surface area contributed by atoms with Crippen molar-refractivity contribution in [2.45, 2.75) is 54.4 Å². The number of hydrogen-bond donors (Lipinski definition) is 0. The molecule has 0 heterocycles. The molecule has 0 saturated heterocycles. The second-order valence-corrected chi connectivity index (χ2v) is 7.85. The van der Waals surface area contributed by atoms with E-state index in [1.807, 2.05) is 0 Å². The molecule has 0 aromatic rings. The summed E-state index contributed by atoms with van der Waals surface area (Å²) in [5, 5.41) is 0. The summed E-state index contributed by atoms with van der Waals surface area (Å²) in [7, 11) is 0. The molecule has 0 heteroatoms. The minimum Gasteiger partial charge on any atom is -0.0622 e. The standard InChI is InChI=1S/C16H28/c1-9-7-13-14(11(9)3)12(4)16(13,6)15(5)8-10(15)2/h9-14H,7-8H2,1-6H3/t9?,10?,11?,12?,13?,14?,15?,16-/m1/s1. The predicted octanol–water partition coefficient (Wildman–Crippen LogP) is 4.60. The van der Waals surface area contributed by atoms with Gasteiger partial charge in [0.15, 0.2) is 0 Å². The van der Waals surface area contributed by atoms with Gasteiger partial charge in [0.2, 0.25) is 0 Å². The average Bonchev–Trinajstić information content (AvgIpc) is 2.75. The molecule has 0 bridgehead atoms. The fourth-order valence-corrected chi connectivity index (χ4v) is 5.86.